The van der Waals surface area contributed by atoms with Crippen LogP contribution in [0.1, 0.15) is 29.6 Å². The maximum atomic E-state index is 6.29. The highest BCUT2D eigenvalue weighted by Gasteiger charge is 2.18. The standard InChI is InChI=1S/C22H25N7O/c1-13-10-23-12-21-16(14(2)27-28(21)3)6-8-20-17-9-15(5-7-19(17)25-26-20)18-11-24-29(4)22(18)30-13/h5-9,11,13,23H,10,12H2,1-4H3,(H,25,26)/b8-6+/t13-/m0/s1. The van der Waals surface area contributed by atoms with Crippen LogP contribution in [-0.4, -0.2) is 42.4 Å². The van der Waals surface area contributed by atoms with Gasteiger partial charge >= 0.3 is 0 Å². The highest BCUT2D eigenvalue weighted by Crippen LogP contribution is 2.33. The molecule has 4 aromatic rings. The summed E-state index contributed by atoms with van der Waals surface area (Å²) in [5.41, 5.74) is 7.16. The van der Waals surface area contributed by atoms with Crippen LogP contribution in [0.3, 0.4) is 0 Å². The molecule has 0 aliphatic carbocycles. The van der Waals surface area contributed by atoms with Crippen LogP contribution in [0.2, 0.25) is 0 Å². The van der Waals surface area contributed by atoms with Crippen LogP contribution in [-0.2, 0) is 20.6 Å². The lowest BCUT2D eigenvalue weighted by Crippen LogP contribution is -2.30. The lowest BCUT2D eigenvalue weighted by molar-refractivity contribution is 0.199. The zero-order chi connectivity index (χ0) is 20.8. The molecule has 0 saturated heterocycles. The second kappa shape index (κ2) is 7.14. The molecule has 1 aliphatic rings. The summed E-state index contributed by atoms with van der Waals surface area (Å²) in [5, 5.41) is 21.3. The van der Waals surface area contributed by atoms with Gasteiger partial charge in [-0.25, -0.2) is 4.68 Å². The summed E-state index contributed by atoms with van der Waals surface area (Å²) < 4.78 is 10.0. The number of fused-ring (bicyclic) bond motifs is 4. The van der Waals surface area contributed by atoms with Crippen molar-refractivity contribution in [1.82, 2.24) is 35.1 Å². The normalized spacial score (nSPS) is 17.8. The average Bonchev–Trinajstić information content (AvgIpc) is 3.36. The molecule has 2 N–H and O–H groups in total. The van der Waals surface area contributed by atoms with Crippen LogP contribution < -0.4 is 10.1 Å². The zero-order valence-corrected chi connectivity index (χ0v) is 17.6. The van der Waals surface area contributed by atoms with Crippen molar-refractivity contribution in [2.75, 3.05) is 6.54 Å². The van der Waals surface area contributed by atoms with Gasteiger partial charge in [-0.3, -0.25) is 9.78 Å². The minimum absolute atomic E-state index is 0.0224. The molecule has 30 heavy (non-hydrogen) atoms. The quantitative estimate of drug-likeness (QED) is 0.471. The molecule has 4 heterocycles. The van der Waals surface area contributed by atoms with Crippen LogP contribution in [0.25, 0.3) is 34.2 Å². The lowest BCUT2D eigenvalue weighted by atomic mass is 10.0. The fraction of sp³-hybridized carbons (Fsp3) is 0.318. The van der Waals surface area contributed by atoms with Gasteiger partial charge in [0.15, 0.2) is 0 Å². The Labute approximate surface area is 174 Å². The lowest BCUT2D eigenvalue weighted by Gasteiger charge is -2.17. The number of hydrogen-bond donors (Lipinski definition) is 2. The molecule has 5 rings (SSSR count). The SMILES string of the molecule is Cc1nn(C)c2c1/C=C/c1n[nH]c3ccc(cc13)-c1cnn(C)c1O[C@@H](C)CNC2. The average molecular weight is 403 g/mol. The number of aryl methyl sites for hydroxylation is 3. The van der Waals surface area contributed by atoms with Gasteiger partial charge in [0.1, 0.15) is 6.10 Å². The van der Waals surface area contributed by atoms with Crippen molar-refractivity contribution in [3.63, 3.8) is 0 Å². The van der Waals surface area contributed by atoms with Crippen LogP contribution in [0.4, 0.5) is 0 Å². The van der Waals surface area contributed by atoms with E-state index in [4.69, 9.17) is 4.74 Å². The predicted molar refractivity (Wildman–Crippen MR) is 117 cm³/mol. The summed E-state index contributed by atoms with van der Waals surface area (Å²) in [6.45, 7) is 5.51. The van der Waals surface area contributed by atoms with E-state index in [-0.39, 0.29) is 6.10 Å². The third-order valence-corrected chi connectivity index (χ3v) is 5.62. The molecule has 0 fully saturated rings. The Morgan fingerprint density at radius 3 is 2.90 bits per heavy atom. The van der Waals surface area contributed by atoms with Gasteiger partial charge in [-0.15, -0.1) is 0 Å². The van der Waals surface area contributed by atoms with E-state index in [1.807, 2.05) is 31.9 Å². The van der Waals surface area contributed by atoms with E-state index >= 15 is 0 Å². The van der Waals surface area contributed by atoms with Crippen molar-refractivity contribution in [1.29, 1.82) is 0 Å². The highest BCUT2D eigenvalue weighted by atomic mass is 16.5. The molecule has 1 aliphatic heterocycles. The van der Waals surface area contributed by atoms with Gasteiger partial charge in [-0.1, -0.05) is 6.07 Å². The maximum absolute atomic E-state index is 6.29. The van der Waals surface area contributed by atoms with E-state index < -0.39 is 0 Å². The van der Waals surface area contributed by atoms with E-state index in [9.17, 15) is 0 Å². The fourth-order valence-corrected chi connectivity index (χ4v) is 4.03. The molecule has 0 saturated carbocycles. The number of hydrogen-bond acceptors (Lipinski definition) is 5. The molecular weight excluding hydrogens is 378 g/mol. The van der Waals surface area contributed by atoms with Gasteiger partial charge in [0, 0.05) is 38.1 Å². The van der Waals surface area contributed by atoms with E-state index in [0.717, 1.165) is 50.6 Å². The van der Waals surface area contributed by atoms with Crippen LogP contribution in [0.15, 0.2) is 24.4 Å². The Balaban J connectivity index is 1.68. The highest BCUT2D eigenvalue weighted by molar-refractivity contribution is 5.93. The van der Waals surface area contributed by atoms with Crippen molar-refractivity contribution in [3.05, 3.63) is 47.0 Å². The molecule has 0 amide bonds. The van der Waals surface area contributed by atoms with E-state index in [1.54, 1.807) is 4.68 Å². The molecule has 1 atom stereocenters. The monoisotopic (exact) mass is 403 g/mol. The molecule has 2 bridgehead atoms. The summed E-state index contributed by atoms with van der Waals surface area (Å²) in [6.07, 6.45) is 6.00. The summed E-state index contributed by atoms with van der Waals surface area (Å²) >= 11 is 0. The Kier molecular flexibility index (Phi) is 4.43. The van der Waals surface area contributed by atoms with Gasteiger partial charge in [0.25, 0.3) is 0 Å². The van der Waals surface area contributed by atoms with Crippen molar-refractivity contribution in [2.45, 2.75) is 26.5 Å². The first-order valence-electron chi connectivity index (χ1n) is 10.1. The number of benzene rings is 1. The minimum atomic E-state index is -0.0224. The molecule has 1 aromatic carbocycles. The van der Waals surface area contributed by atoms with Crippen LogP contribution >= 0.6 is 0 Å². The molecular formula is C22H25N7O. The summed E-state index contributed by atoms with van der Waals surface area (Å²) in [7, 11) is 3.88. The number of ether oxygens (including phenoxy) is 1. The molecule has 154 valence electrons. The number of H-pyrrole nitrogens is 1. The van der Waals surface area contributed by atoms with Crippen LogP contribution in [0, 0.1) is 6.92 Å². The third kappa shape index (κ3) is 3.09. The Morgan fingerprint density at radius 1 is 1.17 bits per heavy atom. The van der Waals surface area contributed by atoms with Gasteiger partial charge in [0.05, 0.1) is 34.4 Å². The molecule has 0 radical (unpaired) electrons. The van der Waals surface area contributed by atoms with Gasteiger partial charge < -0.3 is 10.1 Å². The van der Waals surface area contributed by atoms with Gasteiger partial charge in [0.2, 0.25) is 5.88 Å². The summed E-state index contributed by atoms with van der Waals surface area (Å²) in [6, 6.07) is 6.26. The Bertz CT molecular complexity index is 1260. The van der Waals surface area contributed by atoms with Crippen molar-refractivity contribution >= 4 is 23.1 Å². The largest absolute Gasteiger partial charge is 0.473 e. The predicted octanol–water partition coefficient (Wildman–Crippen LogP) is 3.05. The number of nitrogens with one attached hydrogen (secondary N) is 2. The molecule has 3 aromatic heterocycles. The van der Waals surface area contributed by atoms with Crippen LogP contribution in [0.5, 0.6) is 5.88 Å². The summed E-state index contributed by atoms with van der Waals surface area (Å²) in [4.78, 5) is 0. The number of aromatic amines is 1. The number of rotatable bonds is 0. The second-order valence-electron chi connectivity index (χ2n) is 7.82. The van der Waals surface area contributed by atoms with Gasteiger partial charge in [-0.05, 0) is 43.7 Å². The van der Waals surface area contributed by atoms with Crippen molar-refractivity contribution in [2.24, 2.45) is 14.1 Å². The molecule has 0 spiro atoms. The topological polar surface area (TPSA) is 85.6 Å². The van der Waals surface area contributed by atoms with E-state index in [1.165, 1.54) is 0 Å². The molecule has 8 heteroatoms. The second-order valence-corrected chi connectivity index (χ2v) is 7.82. The van der Waals surface area contributed by atoms with E-state index in [2.05, 4.69) is 63.0 Å². The third-order valence-electron chi connectivity index (χ3n) is 5.62. The minimum Gasteiger partial charge on any atom is -0.473 e. The fourth-order valence-electron chi connectivity index (χ4n) is 4.03. The van der Waals surface area contributed by atoms with Crippen molar-refractivity contribution < 1.29 is 4.74 Å². The Hall–Kier alpha value is -3.39. The van der Waals surface area contributed by atoms with Gasteiger partial charge in [-0.2, -0.15) is 15.3 Å². The maximum Gasteiger partial charge on any atom is 0.219 e. The first kappa shape index (κ1) is 18.6. The number of aromatic nitrogens is 6. The van der Waals surface area contributed by atoms with Crippen molar-refractivity contribution in [3.8, 4) is 17.0 Å². The zero-order valence-electron chi connectivity index (χ0n) is 17.6. The first-order valence-corrected chi connectivity index (χ1v) is 10.1. The number of nitrogens with zero attached hydrogens (tertiary/aromatic N) is 5. The molecule has 0 unspecified atom stereocenters. The first-order chi connectivity index (χ1) is 14.5. The smallest absolute Gasteiger partial charge is 0.219 e. The summed E-state index contributed by atoms with van der Waals surface area (Å²) in [5.74, 6) is 0.760. The van der Waals surface area contributed by atoms with E-state index in [0.29, 0.717) is 13.1 Å². The Morgan fingerprint density at radius 2 is 2.03 bits per heavy atom. The molecule has 8 nitrogen and oxygen atoms in total.